The van der Waals surface area contributed by atoms with Gasteiger partial charge in [0.15, 0.2) is 0 Å². The molecule has 3 N–H and O–H groups in total. The molecule has 0 aromatic heterocycles. The molecule has 0 aromatic carbocycles. The molecule has 0 radical (unpaired) electrons. The van der Waals surface area contributed by atoms with Gasteiger partial charge in [0.25, 0.3) is 0 Å². The maximum Gasteiger partial charge on any atom is 0.305 e. The Morgan fingerprint density at radius 2 is 0.683 bits per heavy atom. The van der Waals surface area contributed by atoms with Crippen LogP contribution >= 0.6 is 0 Å². The lowest BCUT2D eigenvalue weighted by Crippen LogP contribution is -2.45. The fourth-order valence-electron chi connectivity index (χ4n) is 8.70. The van der Waals surface area contributed by atoms with Crippen LogP contribution in [0.25, 0.3) is 0 Å². The molecule has 0 aliphatic heterocycles. The van der Waals surface area contributed by atoms with E-state index in [1.807, 2.05) is 0 Å². The molecule has 0 aliphatic carbocycles. The molecule has 0 aromatic rings. The first-order chi connectivity index (χ1) is 29.5. The van der Waals surface area contributed by atoms with Crippen molar-refractivity contribution in [3.05, 3.63) is 0 Å². The van der Waals surface area contributed by atoms with E-state index in [1.165, 1.54) is 218 Å². The van der Waals surface area contributed by atoms with Crippen LogP contribution in [-0.4, -0.2) is 47.4 Å². The fourth-order valence-corrected chi connectivity index (χ4v) is 8.70. The quantitative estimate of drug-likeness (QED) is 0.0418. The average Bonchev–Trinajstić information content (AvgIpc) is 3.25. The Labute approximate surface area is 375 Å². The van der Waals surface area contributed by atoms with Crippen molar-refractivity contribution >= 4 is 11.9 Å². The molecule has 1 amide bonds. The lowest BCUT2D eigenvalue weighted by Gasteiger charge is -2.22. The molecule has 0 saturated carbocycles. The number of amides is 1. The highest BCUT2D eigenvalue weighted by atomic mass is 16.5. The van der Waals surface area contributed by atoms with Crippen LogP contribution in [0.15, 0.2) is 0 Å². The van der Waals surface area contributed by atoms with Gasteiger partial charge in [0, 0.05) is 12.8 Å². The predicted octanol–water partition coefficient (Wildman–Crippen LogP) is 16.4. The number of esters is 1. The van der Waals surface area contributed by atoms with E-state index in [9.17, 15) is 19.8 Å². The summed E-state index contributed by atoms with van der Waals surface area (Å²) in [6.07, 6.45) is 56.4. The number of aliphatic hydroxyl groups is 2. The third-order valence-corrected chi connectivity index (χ3v) is 12.9. The van der Waals surface area contributed by atoms with E-state index in [-0.39, 0.29) is 18.5 Å². The zero-order valence-corrected chi connectivity index (χ0v) is 40.7. The lowest BCUT2D eigenvalue weighted by atomic mass is 10.0. The van der Waals surface area contributed by atoms with Gasteiger partial charge in [0.1, 0.15) is 0 Å². The number of nitrogens with one attached hydrogen (secondary N) is 1. The Morgan fingerprint density at radius 3 is 1.02 bits per heavy atom. The highest BCUT2D eigenvalue weighted by molar-refractivity contribution is 5.76. The third-order valence-electron chi connectivity index (χ3n) is 12.9. The maximum absolute atomic E-state index is 12.5. The van der Waals surface area contributed by atoms with Crippen LogP contribution in [0.1, 0.15) is 309 Å². The van der Waals surface area contributed by atoms with Crippen molar-refractivity contribution in [1.29, 1.82) is 0 Å². The Morgan fingerprint density at radius 1 is 0.400 bits per heavy atom. The van der Waals surface area contributed by atoms with Crippen molar-refractivity contribution in [3.8, 4) is 0 Å². The number of hydrogen-bond acceptors (Lipinski definition) is 5. The summed E-state index contributed by atoms with van der Waals surface area (Å²) in [6.45, 7) is 4.94. The lowest BCUT2D eigenvalue weighted by molar-refractivity contribution is -0.143. The van der Waals surface area contributed by atoms with Gasteiger partial charge >= 0.3 is 5.97 Å². The topological polar surface area (TPSA) is 95.9 Å². The molecule has 2 unspecified atom stereocenters. The van der Waals surface area contributed by atoms with Crippen LogP contribution in [0.5, 0.6) is 0 Å². The van der Waals surface area contributed by atoms with Gasteiger partial charge in [0.05, 0.1) is 25.4 Å². The van der Waals surface area contributed by atoms with Crippen molar-refractivity contribution in [3.63, 3.8) is 0 Å². The van der Waals surface area contributed by atoms with Gasteiger partial charge in [-0.1, -0.05) is 271 Å². The molecule has 0 bridgehead atoms. The number of carbonyl (C=O) groups excluding carboxylic acids is 2. The highest BCUT2D eigenvalue weighted by Crippen LogP contribution is 2.17. The Bertz CT molecular complexity index is 852. The van der Waals surface area contributed by atoms with Gasteiger partial charge in [-0.25, -0.2) is 0 Å². The molecular weight excluding hydrogens is 743 g/mol. The first-order valence-electron chi connectivity index (χ1n) is 27.3. The molecular formula is C54H107NO5. The van der Waals surface area contributed by atoms with Crippen LogP contribution in [-0.2, 0) is 14.3 Å². The number of unbranched alkanes of at least 4 members (excludes halogenated alkanes) is 40. The van der Waals surface area contributed by atoms with E-state index in [1.54, 1.807) is 0 Å². The van der Waals surface area contributed by atoms with Gasteiger partial charge in [-0.3, -0.25) is 9.59 Å². The molecule has 6 heteroatoms. The molecule has 0 spiro atoms. The van der Waals surface area contributed by atoms with E-state index < -0.39 is 12.1 Å². The minimum absolute atomic E-state index is 0.00971. The summed E-state index contributed by atoms with van der Waals surface area (Å²) in [6, 6.07) is -0.554. The minimum Gasteiger partial charge on any atom is -0.466 e. The summed E-state index contributed by atoms with van der Waals surface area (Å²) in [5.41, 5.74) is 0. The molecule has 60 heavy (non-hydrogen) atoms. The summed E-state index contributed by atoms with van der Waals surface area (Å²) < 4.78 is 5.47. The van der Waals surface area contributed by atoms with Gasteiger partial charge in [-0.15, -0.1) is 0 Å². The average molecular weight is 850 g/mol. The second kappa shape index (κ2) is 50.5. The largest absolute Gasteiger partial charge is 0.466 e. The van der Waals surface area contributed by atoms with E-state index in [0.717, 1.165) is 57.8 Å². The monoisotopic (exact) mass is 850 g/mol. The second-order valence-electron chi connectivity index (χ2n) is 18.9. The summed E-state index contributed by atoms with van der Waals surface area (Å²) in [5, 5.41) is 23.3. The Hall–Kier alpha value is -1.14. The number of hydrogen-bond donors (Lipinski definition) is 3. The Balaban J connectivity index is 3.45. The molecule has 0 rings (SSSR count). The SMILES string of the molecule is CCCCCCCCCCCCCCCCCCCC(O)C(CO)NC(=O)CCCCCCCCCCCCCOC(=O)CCCCCCCCCCCCCCCCC. The molecule has 0 fully saturated rings. The first-order valence-corrected chi connectivity index (χ1v) is 27.3. The van der Waals surface area contributed by atoms with Crippen LogP contribution in [0.2, 0.25) is 0 Å². The zero-order chi connectivity index (χ0) is 43.7. The second-order valence-corrected chi connectivity index (χ2v) is 18.9. The summed E-state index contributed by atoms with van der Waals surface area (Å²) >= 11 is 0. The number of carbonyl (C=O) groups is 2. The summed E-state index contributed by atoms with van der Waals surface area (Å²) in [7, 11) is 0. The molecule has 6 nitrogen and oxygen atoms in total. The normalized spacial score (nSPS) is 12.5. The van der Waals surface area contributed by atoms with Crippen LogP contribution < -0.4 is 5.32 Å². The molecule has 0 heterocycles. The molecule has 2 atom stereocenters. The molecule has 358 valence electrons. The van der Waals surface area contributed by atoms with Crippen LogP contribution in [0.4, 0.5) is 0 Å². The number of ether oxygens (including phenoxy) is 1. The minimum atomic E-state index is -0.675. The number of aliphatic hydroxyl groups excluding tert-OH is 2. The first kappa shape index (κ1) is 58.9. The van der Waals surface area contributed by atoms with Crippen LogP contribution in [0, 0.1) is 0 Å². The van der Waals surface area contributed by atoms with E-state index in [4.69, 9.17) is 4.74 Å². The zero-order valence-electron chi connectivity index (χ0n) is 40.7. The third kappa shape index (κ3) is 46.4. The smallest absolute Gasteiger partial charge is 0.305 e. The van der Waals surface area contributed by atoms with Gasteiger partial charge < -0.3 is 20.3 Å². The highest BCUT2D eigenvalue weighted by Gasteiger charge is 2.20. The van der Waals surface area contributed by atoms with Crippen molar-refractivity contribution in [2.45, 2.75) is 321 Å². The molecule has 0 saturated heterocycles. The van der Waals surface area contributed by atoms with Gasteiger partial charge in [-0.05, 0) is 25.7 Å². The van der Waals surface area contributed by atoms with Gasteiger partial charge in [-0.2, -0.15) is 0 Å². The molecule has 0 aliphatic rings. The fraction of sp³-hybridized carbons (Fsp3) is 0.963. The standard InChI is InChI=1S/C54H107NO5/c1-3-5-7-9-11-13-15-17-19-20-22-23-26-30-34-38-42-46-52(57)51(50-56)55-53(58)47-43-39-35-31-27-25-29-33-37-41-45-49-60-54(59)48-44-40-36-32-28-24-21-18-16-14-12-10-8-6-4-2/h51-52,56-57H,3-50H2,1-2H3,(H,55,58). The predicted molar refractivity (Wildman–Crippen MR) is 260 cm³/mol. The number of rotatable bonds is 51. The summed E-state index contributed by atoms with van der Waals surface area (Å²) in [4.78, 5) is 24.5. The maximum atomic E-state index is 12.5. The van der Waals surface area contributed by atoms with E-state index in [2.05, 4.69) is 19.2 Å². The van der Waals surface area contributed by atoms with Crippen molar-refractivity contribution < 1.29 is 24.5 Å². The summed E-state index contributed by atoms with van der Waals surface area (Å²) in [5.74, 6) is -0.0602. The Kier molecular flexibility index (Phi) is 49.5. The van der Waals surface area contributed by atoms with Crippen molar-refractivity contribution in [1.82, 2.24) is 5.32 Å². The van der Waals surface area contributed by atoms with E-state index in [0.29, 0.717) is 25.9 Å². The van der Waals surface area contributed by atoms with Crippen molar-refractivity contribution in [2.24, 2.45) is 0 Å². The van der Waals surface area contributed by atoms with Crippen LogP contribution in [0.3, 0.4) is 0 Å². The van der Waals surface area contributed by atoms with Crippen molar-refractivity contribution in [2.75, 3.05) is 13.2 Å². The van der Waals surface area contributed by atoms with Gasteiger partial charge in [0.2, 0.25) is 5.91 Å². The van der Waals surface area contributed by atoms with E-state index >= 15 is 0 Å².